The smallest absolute Gasteiger partial charge is 0.254 e. The molecule has 0 atom stereocenters. The first kappa shape index (κ1) is 20.6. The molecular weight excluding hydrogens is 372 g/mol. The fraction of sp³-hybridized carbons (Fsp3) is 0.500. The van der Waals surface area contributed by atoms with E-state index in [1.54, 1.807) is 12.1 Å². The van der Waals surface area contributed by atoms with Gasteiger partial charge in [0.05, 0.1) is 11.4 Å². The number of phenolic OH excluding ortho intramolecular Hbond substituents is 1. The first-order valence-electron chi connectivity index (χ1n) is 10.1. The van der Waals surface area contributed by atoms with Crippen LogP contribution in [0, 0.1) is 5.92 Å². The highest BCUT2D eigenvalue weighted by atomic mass is 32.2. The fourth-order valence-electron chi connectivity index (χ4n) is 3.84. The van der Waals surface area contributed by atoms with Crippen molar-refractivity contribution in [2.24, 2.45) is 5.92 Å². The van der Waals surface area contributed by atoms with Crippen molar-refractivity contribution in [2.75, 3.05) is 5.75 Å². The van der Waals surface area contributed by atoms with Gasteiger partial charge in [-0.25, -0.2) is 4.98 Å². The number of aromatic amines is 1. The Labute approximate surface area is 170 Å². The second kappa shape index (κ2) is 9.92. The number of H-pyrrole nitrogens is 1. The monoisotopic (exact) mass is 400 g/mol. The highest BCUT2D eigenvalue weighted by Gasteiger charge is 2.17. The highest BCUT2D eigenvalue weighted by molar-refractivity contribution is 7.99. The van der Waals surface area contributed by atoms with Crippen LogP contribution >= 0.6 is 11.8 Å². The highest BCUT2D eigenvalue weighted by Crippen LogP contribution is 2.28. The molecule has 1 aromatic carbocycles. The van der Waals surface area contributed by atoms with Gasteiger partial charge >= 0.3 is 0 Å². The van der Waals surface area contributed by atoms with E-state index in [0.717, 1.165) is 30.0 Å². The summed E-state index contributed by atoms with van der Waals surface area (Å²) in [5, 5.41) is 9.84. The van der Waals surface area contributed by atoms with E-state index in [4.69, 9.17) is 0 Å². The first-order valence-corrected chi connectivity index (χ1v) is 11.1. The van der Waals surface area contributed by atoms with Gasteiger partial charge in [0.1, 0.15) is 5.75 Å². The van der Waals surface area contributed by atoms with Gasteiger partial charge in [0, 0.05) is 11.1 Å². The number of aryl methyl sites for hydroxylation is 1. The van der Waals surface area contributed by atoms with Crippen LogP contribution in [0.25, 0.3) is 0 Å². The Morgan fingerprint density at radius 2 is 1.93 bits per heavy atom. The summed E-state index contributed by atoms with van der Waals surface area (Å²) in [4.78, 5) is 32.3. The average Bonchev–Trinajstić information content (AvgIpc) is 2.71. The Morgan fingerprint density at radius 3 is 2.61 bits per heavy atom. The van der Waals surface area contributed by atoms with E-state index < -0.39 is 0 Å². The molecular formula is C22H28N2O3S. The standard InChI is InChI=1S/C22H28N2O3S/c1-2-18-19(13-8-15-6-4-3-5-7-15)23-22(24-21(18)27)28-14-20(26)16-9-11-17(25)12-10-16/h9-12,15,25H,2-8,13-14H2,1H3,(H,23,24,27). The molecule has 5 nitrogen and oxygen atoms in total. The molecule has 0 saturated heterocycles. The number of thioether (sulfide) groups is 1. The van der Waals surface area contributed by atoms with Crippen molar-refractivity contribution in [3.05, 3.63) is 51.4 Å². The van der Waals surface area contributed by atoms with E-state index in [-0.39, 0.29) is 22.8 Å². The molecule has 1 aliphatic carbocycles. The summed E-state index contributed by atoms with van der Waals surface area (Å²) in [6, 6.07) is 6.20. The summed E-state index contributed by atoms with van der Waals surface area (Å²) in [6.45, 7) is 1.98. The second-order valence-electron chi connectivity index (χ2n) is 7.45. The van der Waals surface area contributed by atoms with Gasteiger partial charge in [0.15, 0.2) is 10.9 Å². The van der Waals surface area contributed by atoms with Crippen molar-refractivity contribution in [3.8, 4) is 5.75 Å². The third-order valence-corrected chi connectivity index (χ3v) is 6.35. The largest absolute Gasteiger partial charge is 0.508 e. The number of phenols is 1. The number of aromatic hydroxyl groups is 1. The molecule has 0 bridgehead atoms. The molecule has 1 heterocycles. The molecule has 3 rings (SSSR count). The van der Waals surface area contributed by atoms with Gasteiger partial charge in [-0.1, -0.05) is 50.8 Å². The zero-order valence-corrected chi connectivity index (χ0v) is 17.2. The molecule has 28 heavy (non-hydrogen) atoms. The zero-order valence-electron chi connectivity index (χ0n) is 16.4. The maximum Gasteiger partial charge on any atom is 0.254 e. The number of hydrogen-bond acceptors (Lipinski definition) is 5. The summed E-state index contributed by atoms with van der Waals surface area (Å²) < 4.78 is 0. The number of benzene rings is 1. The molecule has 0 amide bonds. The van der Waals surface area contributed by atoms with Gasteiger partial charge in [-0.05, 0) is 49.4 Å². The number of Topliss-reactive ketones (excluding diaryl/α,β-unsaturated/α-hetero) is 1. The number of nitrogens with zero attached hydrogens (tertiary/aromatic N) is 1. The lowest BCUT2D eigenvalue weighted by molar-refractivity contribution is 0.102. The quantitative estimate of drug-likeness (QED) is 0.386. The molecule has 150 valence electrons. The SMILES string of the molecule is CCc1c(CCC2CCCCC2)nc(SCC(=O)c2ccc(O)cc2)[nH]c1=O. The molecule has 1 saturated carbocycles. The van der Waals surface area contributed by atoms with Crippen molar-refractivity contribution < 1.29 is 9.90 Å². The van der Waals surface area contributed by atoms with Crippen molar-refractivity contribution in [1.82, 2.24) is 9.97 Å². The van der Waals surface area contributed by atoms with Crippen molar-refractivity contribution >= 4 is 17.5 Å². The number of carbonyl (C=O) groups excluding carboxylic acids is 1. The maximum absolute atomic E-state index is 12.5. The second-order valence-corrected chi connectivity index (χ2v) is 8.42. The maximum atomic E-state index is 12.5. The van der Waals surface area contributed by atoms with Crippen LogP contribution in [0.15, 0.2) is 34.2 Å². The van der Waals surface area contributed by atoms with Gasteiger partial charge in [0.25, 0.3) is 5.56 Å². The molecule has 1 aromatic heterocycles. The van der Waals surface area contributed by atoms with Crippen LogP contribution in [0.3, 0.4) is 0 Å². The van der Waals surface area contributed by atoms with Gasteiger partial charge in [-0.2, -0.15) is 0 Å². The zero-order chi connectivity index (χ0) is 19.9. The summed E-state index contributed by atoms with van der Waals surface area (Å²) in [5.41, 5.74) is 2.10. The van der Waals surface area contributed by atoms with E-state index >= 15 is 0 Å². The Bertz CT molecular complexity index is 855. The molecule has 0 unspecified atom stereocenters. The van der Waals surface area contributed by atoms with Crippen LogP contribution in [0.1, 0.15) is 67.1 Å². The lowest BCUT2D eigenvalue weighted by Gasteiger charge is -2.21. The van der Waals surface area contributed by atoms with Crippen molar-refractivity contribution in [2.45, 2.75) is 63.4 Å². The average molecular weight is 401 g/mol. The van der Waals surface area contributed by atoms with E-state index in [2.05, 4.69) is 9.97 Å². The van der Waals surface area contributed by atoms with Gasteiger partial charge in [-0.3, -0.25) is 9.59 Å². The lowest BCUT2D eigenvalue weighted by Crippen LogP contribution is -2.19. The number of ketones is 1. The van der Waals surface area contributed by atoms with E-state index in [9.17, 15) is 14.7 Å². The van der Waals surface area contributed by atoms with E-state index in [0.29, 0.717) is 17.1 Å². The van der Waals surface area contributed by atoms with Gasteiger partial charge in [0.2, 0.25) is 0 Å². The minimum atomic E-state index is -0.0873. The van der Waals surface area contributed by atoms with Gasteiger partial charge in [-0.15, -0.1) is 0 Å². The Morgan fingerprint density at radius 1 is 1.21 bits per heavy atom. The predicted molar refractivity (Wildman–Crippen MR) is 112 cm³/mol. The lowest BCUT2D eigenvalue weighted by atomic mass is 9.85. The molecule has 0 spiro atoms. The number of carbonyl (C=O) groups is 1. The van der Waals surface area contributed by atoms with Crippen LogP contribution in [-0.2, 0) is 12.8 Å². The summed E-state index contributed by atoms with van der Waals surface area (Å²) in [7, 11) is 0. The molecule has 1 fully saturated rings. The molecule has 6 heteroatoms. The Hall–Kier alpha value is -2.08. The summed E-state index contributed by atoms with van der Waals surface area (Å²) >= 11 is 1.26. The number of rotatable bonds is 8. The topological polar surface area (TPSA) is 83.0 Å². The molecule has 2 aromatic rings. The first-order chi connectivity index (χ1) is 13.6. The summed E-state index contributed by atoms with van der Waals surface area (Å²) in [5.74, 6) is 1.01. The normalized spacial score (nSPS) is 14.9. The molecule has 2 N–H and O–H groups in total. The number of aromatic nitrogens is 2. The minimum absolute atomic E-state index is 0.0593. The molecule has 1 aliphatic rings. The third-order valence-electron chi connectivity index (χ3n) is 5.48. The van der Waals surface area contributed by atoms with Gasteiger partial charge < -0.3 is 10.1 Å². The third kappa shape index (κ3) is 5.47. The van der Waals surface area contributed by atoms with Crippen molar-refractivity contribution in [3.63, 3.8) is 0 Å². The van der Waals surface area contributed by atoms with Crippen molar-refractivity contribution in [1.29, 1.82) is 0 Å². The van der Waals surface area contributed by atoms with E-state index in [1.165, 1.54) is 56.0 Å². The minimum Gasteiger partial charge on any atom is -0.508 e. The van der Waals surface area contributed by atoms with Crippen LogP contribution in [0.5, 0.6) is 5.75 Å². The van der Waals surface area contributed by atoms with E-state index in [1.807, 2.05) is 6.92 Å². The Balaban J connectivity index is 1.67. The van der Waals surface area contributed by atoms with Crippen LogP contribution in [0.4, 0.5) is 0 Å². The van der Waals surface area contributed by atoms with Crippen LogP contribution in [0.2, 0.25) is 0 Å². The Kier molecular flexibility index (Phi) is 7.31. The fourth-order valence-corrected chi connectivity index (χ4v) is 4.62. The number of nitrogens with one attached hydrogen (secondary N) is 1. The van der Waals surface area contributed by atoms with Crippen LogP contribution in [-0.4, -0.2) is 26.6 Å². The van der Waals surface area contributed by atoms with Crippen LogP contribution < -0.4 is 5.56 Å². The number of hydrogen-bond donors (Lipinski definition) is 2. The predicted octanol–water partition coefficient (Wildman–Crippen LogP) is 4.53. The molecule has 0 radical (unpaired) electrons. The molecule has 0 aliphatic heterocycles. The summed E-state index contributed by atoms with van der Waals surface area (Å²) in [6.07, 6.45) is 9.12.